The summed E-state index contributed by atoms with van der Waals surface area (Å²) in [6.07, 6.45) is 7.76. The topological polar surface area (TPSA) is 6.48 Å². The summed E-state index contributed by atoms with van der Waals surface area (Å²) in [5, 5.41) is 0. The van der Waals surface area contributed by atoms with Crippen LogP contribution in [0.4, 0.5) is 0 Å². The van der Waals surface area contributed by atoms with Gasteiger partial charge in [-0.05, 0) is 58.3 Å². The van der Waals surface area contributed by atoms with Gasteiger partial charge in [-0.3, -0.25) is 9.80 Å². The fourth-order valence-corrected chi connectivity index (χ4v) is 2.83. The van der Waals surface area contributed by atoms with Gasteiger partial charge in [0.1, 0.15) is 0 Å². The highest BCUT2D eigenvalue weighted by molar-refractivity contribution is 4.79. The van der Waals surface area contributed by atoms with Gasteiger partial charge in [-0.2, -0.15) is 0 Å². The second-order valence-corrected chi connectivity index (χ2v) is 4.38. The van der Waals surface area contributed by atoms with E-state index in [1.54, 1.807) is 0 Å². The standard InChI is InChI=1S/C11H22N2/c1-2-11(12-7-3-4-8-12)13-9-5-6-10-13/h11H,2-10H2,1H3. The van der Waals surface area contributed by atoms with Crippen molar-refractivity contribution in [2.45, 2.75) is 45.2 Å². The SMILES string of the molecule is CCC(N1CCCC1)N1CCCC1. The van der Waals surface area contributed by atoms with Crippen molar-refractivity contribution in [2.24, 2.45) is 0 Å². The molecule has 0 amide bonds. The summed E-state index contributed by atoms with van der Waals surface area (Å²) in [5.74, 6) is 0. The Hall–Kier alpha value is -0.0800. The third-order valence-electron chi connectivity index (χ3n) is 3.49. The van der Waals surface area contributed by atoms with Gasteiger partial charge in [-0.1, -0.05) is 6.92 Å². The molecule has 0 bridgehead atoms. The number of likely N-dealkylation sites (tertiary alicyclic amines) is 2. The van der Waals surface area contributed by atoms with E-state index in [1.807, 2.05) is 0 Å². The predicted molar refractivity (Wildman–Crippen MR) is 55.7 cm³/mol. The average molecular weight is 182 g/mol. The summed E-state index contributed by atoms with van der Waals surface area (Å²) in [7, 11) is 0. The van der Waals surface area contributed by atoms with Crippen molar-refractivity contribution in [3.05, 3.63) is 0 Å². The van der Waals surface area contributed by atoms with Gasteiger partial charge in [-0.25, -0.2) is 0 Å². The van der Waals surface area contributed by atoms with E-state index < -0.39 is 0 Å². The van der Waals surface area contributed by atoms with Crippen LogP contribution in [0.15, 0.2) is 0 Å². The number of hydrogen-bond donors (Lipinski definition) is 0. The second kappa shape index (κ2) is 4.43. The molecule has 0 saturated carbocycles. The van der Waals surface area contributed by atoms with Gasteiger partial charge < -0.3 is 0 Å². The van der Waals surface area contributed by atoms with Crippen molar-refractivity contribution < 1.29 is 0 Å². The molecule has 2 heterocycles. The number of hydrogen-bond acceptors (Lipinski definition) is 2. The first kappa shape index (κ1) is 9.47. The molecule has 0 radical (unpaired) electrons. The molecule has 0 aromatic carbocycles. The molecular weight excluding hydrogens is 160 g/mol. The lowest BCUT2D eigenvalue weighted by Gasteiger charge is -2.34. The van der Waals surface area contributed by atoms with E-state index in [0.717, 1.165) is 6.17 Å². The van der Waals surface area contributed by atoms with Gasteiger partial charge in [0, 0.05) is 0 Å². The Bertz CT molecular complexity index is 130. The lowest BCUT2D eigenvalue weighted by Crippen LogP contribution is -2.45. The molecule has 13 heavy (non-hydrogen) atoms. The summed E-state index contributed by atoms with van der Waals surface area (Å²) >= 11 is 0. The Morgan fingerprint density at radius 2 is 1.23 bits per heavy atom. The van der Waals surface area contributed by atoms with Crippen molar-refractivity contribution in [2.75, 3.05) is 26.2 Å². The van der Waals surface area contributed by atoms with E-state index in [9.17, 15) is 0 Å². The molecule has 0 spiro atoms. The Balaban J connectivity index is 1.90. The first-order chi connectivity index (χ1) is 6.42. The minimum absolute atomic E-state index is 0.769. The molecule has 0 N–H and O–H groups in total. The molecule has 76 valence electrons. The maximum atomic E-state index is 2.69. The fraction of sp³-hybridized carbons (Fsp3) is 1.00. The summed E-state index contributed by atoms with van der Waals surface area (Å²) in [6, 6.07) is 0. The van der Waals surface area contributed by atoms with Gasteiger partial charge >= 0.3 is 0 Å². The van der Waals surface area contributed by atoms with Crippen molar-refractivity contribution in [3.8, 4) is 0 Å². The molecule has 2 heteroatoms. The molecule has 0 aliphatic carbocycles. The van der Waals surface area contributed by atoms with Crippen LogP contribution in [0.1, 0.15) is 39.0 Å². The van der Waals surface area contributed by atoms with Crippen LogP contribution in [0.5, 0.6) is 0 Å². The van der Waals surface area contributed by atoms with E-state index in [1.165, 1.54) is 58.3 Å². The Labute approximate surface area is 81.9 Å². The van der Waals surface area contributed by atoms with E-state index in [0.29, 0.717) is 0 Å². The van der Waals surface area contributed by atoms with Crippen molar-refractivity contribution in [1.29, 1.82) is 0 Å². The predicted octanol–water partition coefficient (Wildman–Crippen LogP) is 1.91. The monoisotopic (exact) mass is 182 g/mol. The first-order valence-electron chi connectivity index (χ1n) is 5.90. The van der Waals surface area contributed by atoms with E-state index in [-0.39, 0.29) is 0 Å². The quantitative estimate of drug-likeness (QED) is 0.658. The van der Waals surface area contributed by atoms with Crippen LogP contribution in [0.3, 0.4) is 0 Å². The summed E-state index contributed by atoms with van der Waals surface area (Å²) in [6.45, 7) is 7.70. The Morgan fingerprint density at radius 3 is 1.54 bits per heavy atom. The largest absolute Gasteiger partial charge is 0.288 e. The van der Waals surface area contributed by atoms with Crippen LogP contribution in [-0.2, 0) is 0 Å². The molecule has 2 fully saturated rings. The molecule has 0 unspecified atom stereocenters. The Kier molecular flexibility index (Phi) is 3.23. The number of nitrogens with zero attached hydrogens (tertiary/aromatic N) is 2. The van der Waals surface area contributed by atoms with Crippen LogP contribution in [0.2, 0.25) is 0 Å². The van der Waals surface area contributed by atoms with Crippen LogP contribution >= 0.6 is 0 Å². The van der Waals surface area contributed by atoms with Crippen LogP contribution < -0.4 is 0 Å². The lowest BCUT2D eigenvalue weighted by atomic mass is 10.3. The highest BCUT2D eigenvalue weighted by atomic mass is 15.4. The molecule has 0 aromatic heterocycles. The minimum Gasteiger partial charge on any atom is -0.288 e. The molecular formula is C11H22N2. The zero-order chi connectivity index (χ0) is 9.10. The minimum atomic E-state index is 0.769. The second-order valence-electron chi connectivity index (χ2n) is 4.38. The molecule has 2 saturated heterocycles. The number of rotatable bonds is 3. The molecule has 0 atom stereocenters. The highest BCUT2D eigenvalue weighted by Gasteiger charge is 2.27. The summed E-state index contributed by atoms with van der Waals surface area (Å²) in [4.78, 5) is 5.37. The zero-order valence-corrected chi connectivity index (χ0v) is 8.84. The summed E-state index contributed by atoms with van der Waals surface area (Å²) in [5.41, 5.74) is 0. The Morgan fingerprint density at radius 1 is 0.846 bits per heavy atom. The molecule has 2 rings (SSSR count). The van der Waals surface area contributed by atoms with Gasteiger partial charge in [0.15, 0.2) is 0 Å². The molecule has 2 aliphatic heterocycles. The van der Waals surface area contributed by atoms with Crippen LogP contribution in [0.25, 0.3) is 0 Å². The first-order valence-corrected chi connectivity index (χ1v) is 5.90. The van der Waals surface area contributed by atoms with Crippen molar-refractivity contribution in [3.63, 3.8) is 0 Å². The normalized spacial score (nSPS) is 26.3. The van der Waals surface area contributed by atoms with Crippen molar-refractivity contribution >= 4 is 0 Å². The fourth-order valence-electron chi connectivity index (χ4n) is 2.83. The van der Waals surface area contributed by atoms with Crippen molar-refractivity contribution in [1.82, 2.24) is 9.80 Å². The zero-order valence-electron chi connectivity index (χ0n) is 8.84. The van der Waals surface area contributed by atoms with Crippen LogP contribution in [-0.4, -0.2) is 42.1 Å². The smallest absolute Gasteiger partial charge is 0.0619 e. The lowest BCUT2D eigenvalue weighted by molar-refractivity contribution is 0.0762. The van der Waals surface area contributed by atoms with Crippen LogP contribution in [0, 0.1) is 0 Å². The van der Waals surface area contributed by atoms with E-state index >= 15 is 0 Å². The van der Waals surface area contributed by atoms with E-state index in [2.05, 4.69) is 16.7 Å². The average Bonchev–Trinajstić information content (AvgIpc) is 2.76. The van der Waals surface area contributed by atoms with Gasteiger partial charge in [-0.15, -0.1) is 0 Å². The third-order valence-corrected chi connectivity index (χ3v) is 3.49. The summed E-state index contributed by atoms with van der Waals surface area (Å²) < 4.78 is 0. The van der Waals surface area contributed by atoms with Gasteiger partial charge in [0.2, 0.25) is 0 Å². The maximum Gasteiger partial charge on any atom is 0.0619 e. The van der Waals surface area contributed by atoms with E-state index in [4.69, 9.17) is 0 Å². The molecule has 0 aromatic rings. The molecule has 2 aliphatic rings. The van der Waals surface area contributed by atoms with Gasteiger partial charge in [0.25, 0.3) is 0 Å². The highest BCUT2D eigenvalue weighted by Crippen LogP contribution is 2.21. The maximum absolute atomic E-state index is 2.69. The van der Waals surface area contributed by atoms with Gasteiger partial charge in [0.05, 0.1) is 6.17 Å². The molecule has 2 nitrogen and oxygen atoms in total. The third kappa shape index (κ3) is 2.05.